The molecule has 0 spiro atoms. The molecule has 1 aliphatic heterocycles. The zero-order chi connectivity index (χ0) is 16.1. The van der Waals surface area contributed by atoms with E-state index in [9.17, 15) is 9.59 Å². The Bertz CT molecular complexity index is 516. The standard InChI is InChI=1S/C17H24N2O3/c1-12(2)15(13-7-4-3-5-8-13)18-17(22)19-10-6-9-14(11-19)16(20)21/h3-5,7-8,12,14-15H,6,9-11H2,1-2H3,(H,18,22)(H,20,21). The van der Waals surface area contributed by atoms with Gasteiger partial charge in [0.2, 0.25) is 0 Å². The van der Waals surface area contributed by atoms with E-state index < -0.39 is 11.9 Å². The maximum absolute atomic E-state index is 12.5. The van der Waals surface area contributed by atoms with Crippen molar-refractivity contribution in [1.29, 1.82) is 0 Å². The number of carbonyl (C=O) groups excluding carboxylic acids is 1. The van der Waals surface area contributed by atoms with Crippen LogP contribution >= 0.6 is 0 Å². The Morgan fingerprint density at radius 2 is 1.95 bits per heavy atom. The van der Waals surface area contributed by atoms with Crippen molar-refractivity contribution in [3.63, 3.8) is 0 Å². The summed E-state index contributed by atoms with van der Waals surface area (Å²) >= 11 is 0. The molecule has 1 aromatic rings. The Balaban J connectivity index is 2.04. The number of carboxylic acid groups (broad SMARTS) is 1. The first-order valence-electron chi connectivity index (χ1n) is 7.82. The number of benzene rings is 1. The molecule has 120 valence electrons. The first-order valence-corrected chi connectivity index (χ1v) is 7.82. The summed E-state index contributed by atoms with van der Waals surface area (Å²) in [6.07, 6.45) is 1.38. The quantitative estimate of drug-likeness (QED) is 0.898. The fourth-order valence-electron chi connectivity index (χ4n) is 2.88. The van der Waals surface area contributed by atoms with Crippen LogP contribution in [0.1, 0.15) is 38.3 Å². The van der Waals surface area contributed by atoms with E-state index in [4.69, 9.17) is 5.11 Å². The summed E-state index contributed by atoms with van der Waals surface area (Å²) in [6, 6.07) is 9.62. The van der Waals surface area contributed by atoms with Crippen molar-refractivity contribution in [2.24, 2.45) is 11.8 Å². The van der Waals surface area contributed by atoms with Crippen molar-refractivity contribution in [3.8, 4) is 0 Å². The molecule has 0 saturated carbocycles. The van der Waals surface area contributed by atoms with E-state index in [1.54, 1.807) is 4.90 Å². The van der Waals surface area contributed by atoms with Crippen molar-refractivity contribution in [1.82, 2.24) is 10.2 Å². The highest BCUT2D eigenvalue weighted by atomic mass is 16.4. The van der Waals surface area contributed by atoms with Crippen molar-refractivity contribution >= 4 is 12.0 Å². The van der Waals surface area contributed by atoms with Gasteiger partial charge in [-0.1, -0.05) is 44.2 Å². The normalized spacial score (nSPS) is 19.8. The number of piperidine rings is 1. The number of carbonyl (C=O) groups is 2. The third-order valence-corrected chi connectivity index (χ3v) is 4.16. The molecule has 1 saturated heterocycles. The van der Waals surface area contributed by atoms with Crippen LogP contribution in [0.5, 0.6) is 0 Å². The maximum atomic E-state index is 12.5. The molecule has 1 heterocycles. The lowest BCUT2D eigenvalue weighted by molar-refractivity contribution is -0.143. The van der Waals surface area contributed by atoms with E-state index in [0.29, 0.717) is 19.5 Å². The number of nitrogens with one attached hydrogen (secondary N) is 1. The highest BCUT2D eigenvalue weighted by Gasteiger charge is 2.29. The van der Waals surface area contributed by atoms with Gasteiger partial charge in [0.1, 0.15) is 0 Å². The van der Waals surface area contributed by atoms with Crippen LogP contribution in [0, 0.1) is 11.8 Å². The first kappa shape index (κ1) is 16.3. The summed E-state index contributed by atoms with van der Waals surface area (Å²) in [7, 11) is 0. The van der Waals surface area contributed by atoms with Crippen LogP contribution in [0.4, 0.5) is 4.79 Å². The predicted molar refractivity (Wildman–Crippen MR) is 84.5 cm³/mol. The summed E-state index contributed by atoms with van der Waals surface area (Å²) < 4.78 is 0. The van der Waals surface area contributed by atoms with Crippen LogP contribution in [0.3, 0.4) is 0 Å². The molecular weight excluding hydrogens is 280 g/mol. The average molecular weight is 304 g/mol. The number of hydrogen-bond donors (Lipinski definition) is 2. The summed E-state index contributed by atoms with van der Waals surface area (Å²) in [6.45, 7) is 5.04. The van der Waals surface area contributed by atoms with Crippen LogP contribution in [-0.4, -0.2) is 35.1 Å². The molecule has 1 aromatic carbocycles. The molecule has 5 heteroatoms. The van der Waals surface area contributed by atoms with E-state index in [-0.39, 0.29) is 18.0 Å². The number of rotatable bonds is 4. The fraction of sp³-hybridized carbons (Fsp3) is 0.529. The van der Waals surface area contributed by atoms with Gasteiger partial charge in [-0.05, 0) is 24.3 Å². The summed E-state index contributed by atoms with van der Waals surface area (Å²) in [5.74, 6) is -1.01. The Labute approximate surface area is 131 Å². The molecule has 2 atom stereocenters. The van der Waals surface area contributed by atoms with E-state index in [1.165, 1.54) is 0 Å². The number of urea groups is 1. The van der Waals surface area contributed by atoms with Gasteiger partial charge in [0.15, 0.2) is 0 Å². The Kier molecular flexibility index (Phi) is 5.41. The minimum absolute atomic E-state index is 0.0705. The lowest BCUT2D eigenvalue weighted by Crippen LogP contribution is -2.48. The molecule has 0 aromatic heterocycles. The molecule has 0 aliphatic carbocycles. The third kappa shape index (κ3) is 4.00. The minimum Gasteiger partial charge on any atom is -0.481 e. The lowest BCUT2D eigenvalue weighted by atomic mass is 9.96. The molecule has 1 aliphatic rings. The van der Waals surface area contributed by atoms with Gasteiger partial charge in [-0.2, -0.15) is 0 Å². The molecule has 2 N–H and O–H groups in total. The van der Waals surface area contributed by atoms with Crippen molar-refractivity contribution < 1.29 is 14.7 Å². The second-order valence-electron chi connectivity index (χ2n) is 6.21. The van der Waals surface area contributed by atoms with Gasteiger partial charge in [0.25, 0.3) is 0 Å². The van der Waals surface area contributed by atoms with Gasteiger partial charge in [0, 0.05) is 13.1 Å². The van der Waals surface area contributed by atoms with Crippen LogP contribution < -0.4 is 5.32 Å². The zero-order valence-corrected chi connectivity index (χ0v) is 13.2. The summed E-state index contributed by atoms with van der Waals surface area (Å²) in [4.78, 5) is 25.2. The summed E-state index contributed by atoms with van der Waals surface area (Å²) in [5, 5.41) is 12.2. The van der Waals surface area contributed by atoms with Gasteiger partial charge in [-0.3, -0.25) is 4.79 Å². The third-order valence-electron chi connectivity index (χ3n) is 4.16. The largest absolute Gasteiger partial charge is 0.481 e. The van der Waals surface area contributed by atoms with Gasteiger partial charge in [0.05, 0.1) is 12.0 Å². The zero-order valence-electron chi connectivity index (χ0n) is 13.2. The number of nitrogens with zero attached hydrogens (tertiary/aromatic N) is 1. The van der Waals surface area contributed by atoms with Crippen LogP contribution in [0.25, 0.3) is 0 Å². The molecule has 2 unspecified atom stereocenters. The van der Waals surface area contributed by atoms with Crippen molar-refractivity contribution in [2.75, 3.05) is 13.1 Å². The number of hydrogen-bond acceptors (Lipinski definition) is 2. The fourth-order valence-corrected chi connectivity index (χ4v) is 2.88. The predicted octanol–water partition coefficient (Wildman–Crippen LogP) is 2.89. The minimum atomic E-state index is -0.819. The topological polar surface area (TPSA) is 69.6 Å². The Hall–Kier alpha value is -2.04. The smallest absolute Gasteiger partial charge is 0.317 e. The van der Waals surface area contributed by atoms with Crippen molar-refractivity contribution in [3.05, 3.63) is 35.9 Å². The molecule has 0 radical (unpaired) electrons. The summed E-state index contributed by atoms with van der Waals surface area (Å²) in [5.41, 5.74) is 1.07. The second kappa shape index (κ2) is 7.29. The van der Waals surface area contributed by atoms with E-state index in [1.807, 2.05) is 30.3 Å². The Morgan fingerprint density at radius 1 is 1.27 bits per heavy atom. The second-order valence-corrected chi connectivity index (χ2v) is 6.21. The number of carboxylic acids is 1. The van der Waals surface area contributed by atoms with Crippen LogP contribution in [0.15, 0.2) is 30.3 Å². The number of aliphatic carboxylic acids is 1. The van der Waals surface area contributed by atoms with Crippen LogP contribution in [0.2, 0.25) is 0 Å². The van der Waals surface area contributed by atoms with E-state index >= 15 is 0 Å². The molecular formula is C17H24N2O3. The molecule has 2 amide bonds. The molecule has 0 bridgehead atoms. The van der Waals surface area contributed by atoms with Crippen molar-refractivity contribution in [2.45, 2.75) is 32.7 Å². The maximum Gasteiger partial charge on any atom is 0.317 e. The Morgan fingerprint density at radius 3 is 2.55 bits per heavy atom. The highest BCUT2D eigenvalue weighted by Crippen LogP contribution is 2.23. The van der Waals surface area contributed by atoms with E-state index in [2.05, 4.69) is 19.2 Å². The van der Waals surface area contributed by atoms with Gasteiger partial charge >= 0.3 is 12.0 Å². The molecule has 1 fully saturated rings. The SMILES string of the molecule is CC(C)C(NC(=O)N1CCCC(C(=O)O)C1)c1ccccc1. The highest BCUT2D eigenvalue weighted by molar-refractivity contribution is 5.77. The van der Waals surface area contributed by atoms with Gasteiger partial charge < -0.3 is 15.3 Å². The number of amides is 2. The average Bonchev–Trinajstić information content (AvgIpc) is 2.53. The van der Waals surface area contributed by atoms with Gasteiger partial charge in [-0.15, -0.1) is 0 Å². The monoisotopic (exact) mass is 304 g/mol. The van der Waals surface area contributed by atoms with Gasteiger partial charge in [-0.25, -0.2) is 4.79 Å². The molecule has 5 nitrogen and oxygen atoms in total. The number of likely N-dealkylation sites (tertiary alicyclic amines) is 1. The first-order chi connectivity index (χ1) is 10.5. The van der Waals surface area contributed by atoms with Crippen LogP contribution in [-0.2, 0) is 4.79 Å². The molecule has 22 heavy (non-hydrogen) atoms. The lowest BCUT2D eigenvalue weighted by Gasteiger charge is -2.33. The van der Waals surface area contributed by atoms with E-state index in [0.717, 1.165) is 12.0 Å². The molecule has 2 rings (SSSR count).